The number of anilines is 1. The number of fused-ring (bicyclic) bond motifs is 1. The Hall–Kier alpha value is -3.14. The second-order valence-corrected chi connectivity index (χ2v) is 9.14. The average molecular weight is 469 g/mol. The molecule has 168 valence electrons. The first-order valence-corrected chi connectivity index (χ1v) is 10.8. The smallest absolute Gasteiger partial charge is 0.416 e. The van der Waals surface area contributed by atoms with Gasteiger partial charge in [-0.05, 0) is 66.1 Å². The average Bonchev–Trinajstić information content (AvgIpc) is 2.72. The number of alkyl halides is 3. The van der Waals surface area contributed by atoms with Gasteiger partial charge in [-0.15, -0.1) is 0 Å². The largest absolute Gasteiger partial charge is 0.486 e. The van der Waals surface area contributed by atoms with Crippen LogP contribution < -0.4 is 9.04 Å². The van der Waals surface area contributed by atoms with Crippen molar-refractivity contribution in [3.05, 3.63) is 77.4 Å². The monoisotopic (exact) mass is 469 g/mol. The summed E-state index contributed by atoms with van der Waals surface area (Å²) in [5.41, 5.74) is -0.222. The van der Waals surface area contributed by atoms with Crippen LogP contribution in [0.5, 0.6) is 5.75 Å². The highest BCUT2D eigenvalue weighted by Crippen LogP contribution is 2.41. The molecule has 0 N–H and O–H groups in total. The SMILES string of the molecule is Cc1cc(F)cc(-c2cc(F)c3c(c2)N(S(=O)(=O)c2cccc(C(F)(F)F)c2)CCO3)c1. The molecule has 1 aliphatic rings. The summed E-state index contributed by atoms with van der Waals surface area (Å²) in [6.07, 6.45) is -4.73. The molecular formula is C22H16F5NO3S. The summed E-state index contributed by atoms with van der Waals surface area (Å²) in [5.74, 6) is -1.77. The van der Waals surface area contributed by atoms with E-state index in [-0.39, 0.29) is 30.2 Å². The fraction of sp³-hybridized carbons (Fsp3) is 0.182. The summed E-state index contributed by atoms with van der Waals surface area (Å²) < 4.78 is 100. The van der Waals surface area contributed by atoms with Crippen LogP contribution in [0.15, 0.2) is 59.5 Å². The van der Waals surface area contributed by atoms with E-state index in [0.29, 0.717) is 17.2 Å². The van der Waals surface area contributed by atoms with Gasteiger partial charge in [0.1, 0.15) is 12.4 Å². The van der Waals surface area contributed by atoms with Crippen molar-refractivity contribution in [1.82, 2.24) is 0 Å². The molecule has 3 aromatic carbocycles. The van der Waals surface area contributed by atoms with Crippen molar-refractivity contribution in [2.24, 2.45) is 0 Å². The van der Waals surface area contributed by atoms with Crippen LogP contribution in [0.25, 0.3) is 11.1 Å². The minimum absolute atomic E-state index is 0.175. The number of sulfonamides is 1. The number of ether oxygens (including phenoxy) is 1. The first kappa shape index (κ1) is 22.1. The number of benzene rings is 3. The lowest BCUT2D eigenvalue weighted by atomic mass is 10.0. The topological polar surface area (TPSA) is 46.6 Å². The van der Waals surface area contributed by atoms with Crippen molar-refractivity contribution >= 4 is 15.7 Å². The van der Waals surface area contributed by atoms with Gasteiger partial charge in [-0.1, -0.05) is 12.1 Å². The third-order valence-electron chi connectivity index (χ3n) is 4.96. The lowest BCUT2D eigenvalue weighted by molar-refractivity contribution is -0.137. The number of hydrogen-bond acceptors (Lipinski definition) is 3. The molecule has 0 radical (unpaired) electrons. The van der Waals surface area contributed by atoms with Gasteiger partial charge in [0.15, 0.2) is 11.6 Å². The number of rotatable bonds is 3. The van der Waals surface area contributed by atoms with Crippen LogP contribution in [0.1, 0.15) is 11.1 Å². The van der Waals surface area contributed by atoms with Gasteiger partial charge in [-0.25, -0.2) is 17.2 Å². The van der Waals surface area contributed by atoms with Crippen LogP contribution in [0.2, 0.25) is 0 Å². The first-order valence-electron chi connectivity index (χ1n) is 9.41. The Bertz CT molecular complexity index is 1290. The molecule has 0 fully saturated rings. The molecule has 4 nitrogen and oxygen atoms in total. The van der Waals surface area contributed by atoms with Gasteiger partial charge in [-0.3, -0.25) is 4.31 Å². The van der Waals surface area contributed by atoms with Crippen LogP contribution in [0, 0.1) is 18.6 Å². The van der Waals surface area contributed by atoms with Crippen LogP contribution in [-0.2, 0) is 16.2 Å². The normalized spacial score (nSPS) is 14.1. The van der Waals surface area contributed by atoms with Gasteiger partial charge in [0.2, 0.25) is 0 Å². The van der Waals surface area contributed by atoms with Crippen LogP contribution in [0.4, 0.5) is 27.6 Å². The highest BCUT2D eigenvalue weighted by atomic mass is 32.2. The van der Waals surface area contributed by atoms with Gasteiger partial charge >= 0.3 is 6.18 Å². The van der Waals surface area contributed by atoms with Crippen molar-refractivity contribution in [1.29, 1.82) is 0 Å². The Kier molecular flexibility index (Phi) is 5.36. The van der Waals surface area contributed by atoms with E-state index in [1.165, 1.54) is 18.2 Å². The van der Waals surface area contributed by atoms with E-state index in [1.54, 1.807) is 13.0 Å². The number of hydrogen-bond donors (Lipinski definition) is 0. The Morgan fingerprint density at radius 2 is 1.69 bits per heavy atom. The zero-order valence-electron chi connectivity index (χ0n) is 16.6. The summed E-state index contributed by atoms with van der Waals surface area (Å²) in [6.45, 7) is 1.21. The van der Waals surface area contributed by atoms with Crippen LogP contribution in [-0.4, -0.2) is 21.6 Å². The van der Waals surface area contributed by atoms with E-state index in [2.05, 4.69) is 0 Å². The molecule has 0 saturated carbocycles. The molecule has 0 aromatic heterocycles. The second-order valence-electron chi connectivity index (χ2n) is 7.27. The molecule has 0 saturated heterocycles. The van der Waals surface area contributed by atoms with Crippen molar-refractivity contribution in [2.75, 3.05) is 17.5 Å². The van der Waals surface area contributed by atoms with Gasteiger partial charge in [-0.2, -0.15) is 13.2 Å². The Balaban J connectivity index is 1.85. The molecule has 10 heteroatoms. The fourth-order valence-electron chi connectivity index (χ4n) is 3.54. The molecular weight excluding hydrogens is 453 g/mol. The number of halogens is 5. The molecule has 4 rings (SSSR count). The maximum atomic E-state index is 14.8. The fourth-order valence-corrected chi connectivity index (χ4v) is 5.03. The third-order valence-corrected chi connectivity index (χ3v) is 6.77. The van der Waals surface area contributed by atoms with Crippen molar-refractivity contribution < 1.29 is 35.1 Å². The first-order chi connectivity index (χ1) is 15.0. The molecule has 0 amide bonds. The quantitative estimate of drug-likeness (QED) is 0.473. The maximum Gasteiger partial charge on any atom is 0.416 e. The zero-order valence-corrected chi connectivity index (χ0v) is 17.4. The molecule has 0 unspecified atom stereocenters. The predicted octanol–water partition coefficient (Wildman–Crippen LogP) is 5.55. The van der Waals surface area contributed by atoms with Gasteiger partial charge < -0.3 is 4.74 Å². The molecule has 3 aromatic rings. The molecule has 0 spiro atoms. The van der Waals surface area contributed by atoms with Crippen molar-refractivity contribution in [2.45, 2.75) is 18.0 Å². The number of aryl methyl sites for hydroxylation is 1. The Morgan fingerprint density at radius 1 is 0.969 bits per heavy atom. The van der Waals surface area contributed by atoms with E-state index in [0.717, 1.165) is 28.6 Å². The highest BCUT2D eigenvalue weighted by molar-refractivity contribution is 7.92. The highest BCUT2D eigenvalue weighted by Gasteiger charge is 2.35. The van der Waals surface area contributed by atoms with Crippen LogP contribution >= 0.6 is 0 Å². The number of nitrogens with zero attached hydrogens (tertiary/aromatic N) is 1. The predicted molar refractivity (Wildman–Crippen MR) is 108 cm³/mol. The minimum Gasteiger partial charge on any atom is -0.486 e. The molecule has 0 aliphatic carbocycles. The van der Waals surface area contributed by atoms with E-state index in [1.807, 2.05) is 0 Å². The summed E-state index contributed by atoms with van der Waals surface area (Å²) >= 11 is 0. The second kappa shape index (κ2) is 7.77. The molecule has 1 aliphatic heterocycles. The summed E-state index contributed by atoms with van der Waals surface area (Å²) in [6, 6.07) is 9.77. The van der Waals surface area contributed by atoms with Gasteiger partial charge in [0.05, 0.1) is 22.7 Å². The minimum atomic E-state index is -4.73. The lowest BCUT2D eigenvalue weighted by Gasteiger charge is -2.31. The van der Waals surface area contributed by atoms with Crippen molar-refractivity contribution in [3.63, 3.8) is 0 Å². The van der Waals surface area contributed by atoms with Crippen molar-refractivity contribution in [3.8, 4) is 16.9 Å². The van der Waals surface area contributed by atoms with Gasteiger partial charge in [0.25, 0.3) is 10.0 Å². The van der Waals surface area contributed by atoms with Crippen LogP contribution in [0.3, 0.4) is 0 Å². The lowest BCUT2D eigenvalue weighted by Crippen LogP contribution is -2.38. The van der Waals surface area contributed by atoms with E-state index in [9.17, 15) is 30.4 Å². The Labute approximate surface area is 180 Å². The molecule has 0 bridgehead atoms. The molecule has 0 atom stereocenters. The third kappa shape index (κ3) is 4.02. The molecule has 1 heterocycles. The van der Waals surface area contributed by atoms with E-state index in [4.69, 9.17) is 4.74 Å². The Morgan fingerprint density at radius 3 is 2.38 bits per heavy atom. The van der Waals surface area contributed by atoms with E-state index >= 15 is 0 Å². The summed E-state index contributed by atoms with van der Waals surface area (Å²) in [4.78, 5) is -0.590. The maximum absolute atomic E-state index is 14.8. The van der Waals surface area contributed by atoms with E-state index < -0.39 is 38.3 Å². The van der Waals surface area contributed by atoms with Gasteiger partial charge in [0, 0.05) is 0 Å². The standard InChI is InChI=1S/C22H16F5NO3S/c1-13-7-14(9-17(23)8-13)15-10-19(24)21-20(11-15)28(5-6-31-21)32(29,30)18-4-2-3-16(12-18)22(25,26)27/h2-4,7-12H,5-6H2,1H3. The summed E-state index contributed by atoms with van der Waals surface area (Å²) in [7, 11) is -4.48. The summed E-state index contributed by atoms with van der Waals surface area (Å²) in [5, 5.41) is 0. The zero-order chi connectivity index (χ0) is 23.3. The molecule has 32 heavy (non-hydrogen) atoms.